The molecule has 1 N–H and O–H groups in total. The van der Waals surface area contributed by atoms with E-state index in [9.17, 15) is 4.79 Å². The van der Waals surface area contributed by atoms with E-state index in [0.29, 0.717) is 0 Å². The van der Waals surface area contributed by atoms with Gasteiger partial charge in [-0.3, -0.25) is 9.69 Å². The first-order valence-electron chi connectivity index (χ1n) is 7.13. The van der Waals surface area contributed by atoms with Gasteiger partial charge in [-0.25, -0.2) is 0 Å². The number of likely N-dealkylation sites (tertiary alicyclic amines) is 1. The van der Waals surface area contributed by atoms with Crippen molar-refractivity contribution >= 4 is 5.97 Å². The van der Waals surface area contributed by atoms with Crippen molar-refractivity contribution in [1.82, 2.24) is 4.90 Å². The number of aliphatic carboxylic acids is 1. The highest BCUT2D eigenvalue weighted by molar-refractivity contribution is 5.73. The van der Waals surface area contributed by atoms with E-state index < -0.39 is 5.97 Å². The van der Waals surface area contributed by atoms with Crippen molar-refractivity contribution in [3.05, 3.63) is 0 Å². The SMILES string of the molecule is C[C@@H]1CCC[C@H](CCN2CCC[C@@H]2C(=O)O)C1. The molecule has 98 valence electrons. The summed E-state index contributed by atoms with van der Waals surface area (Å²) in [6.45, 7) is 4.33. The van der Waals surface area contributed by atoms with Crippen molar-refractivity contribution in [2.24, 2.45) is 11.8 Å². The smallest absolute Gasteiger partial charge is 0.320 e. The summed E-state index contributed by atoms with van der Waals surface area (Å²) in [5.41, 5.74) is 0. The molecule has 0 bridgehead atoms. The molecule has 0 aromatic heterocycles. The van der Waals surface area contributed by atoms with E-state index in [1.54, 1.807) is 0 Å². The molecule has 0 spiro atoms. The summed E-state index contributed by atoms with van der Waals surface area (Å²) in [6.07, 6.45) is 8.57. The average molecular weight is 239 g/mol. The quantitative estimate of drug-likeness (QED) is 0.820. The molecule has 1 saturated carbocycles. The van der Waals surface area contributed by atoms with Crippen LogP contribution in [0.25, 0.3) is 0 Å². The van der Waals surface area contributed by atoms with Gasteiger partial charge >= 0.3 is 5.97 Å². The second-order valence-electron chi connectivity index (χ2n) is 5.96. The lowest BCUT2D eigenvalue weighted by molar-refractivity contribution is -0.142. The Balaban J connectivity index is 1.75. The molecule has 0 aromatic rings. The highest BCUT2D eigenvalue weighted by Gasteiger charge is 2.30. The van der Waals surface area contributed by atoms with Crippen LogP contribution in [0.4, 0.5) is 0 Å². The van der Waals surface area contributed by atoms with Gasteiger partial charge in [-0.2, -0.15) is 0 Å². The molecule has 17 heavy (non-hydrogen) atoms. The fourth-order valence-electron chi connectivity index (χ4n) is 3.54. The van der Waals surface area contributed by atoms with Crippen LogP contribution in [0, 0.1) is 11.8 Å². The number of carboxylic acid groups (broad SMARTS) is 1. The van der Waals surface area contributed by atoms with Crippen molar-refractivity contribution in [3.8, 4) is 0 Å². The lowest BCUT2D eigenvalue weighted by Crippen LogP contribution is -2.37. The Bertz CT molecular complexity index is 267. The first-order chi connectivity index (χ1) is 8.16. The Morgan fingerprint density at radius 2 is 2.12 bits per heavy atom. The molecule has 1 aliphatic heterocycles. The van der Waals surface area contributed by atoms with Crippen molar-refractivity contribution in [3.63, 3.8) is 0 Å². The predicted octanol–water partition coefficient (Wildman–Crippen LogP) is 2.75. The summed E-state index contributed by atoms with van der Waals surface area (Å²) in [7, 11) is 0. The summed E-state index contributed by atoms with van der Waals surface area (Å²) >= 11 is 0. The van der Waals surface area contributed by atoms with Gasteiger partial charge in [0.25, 0.3) is 0 Å². The van der Waals surface area contributed by atoms with Gasteiger partial charge < -0.3 is 5.11 Å². The molecule has 0 amide bonds. The molecule has 2 aliphatic rings. The van der Waals surface area contributed by atoms with E-state index in [2.05, 4.69) is 11.8 Å². The molecule has 2 rings (SSSR count). The minimum atomic E-state index is -0.625. The molecule has 1 heterocycles. The van der Waals surface area contributed by atoms with Crippen LogP contribution >= 0.6 is 0 Å². The van der Waals surface area contributed by atoms with E-state index in [1.165, 1.54) is 32.1 Å². The molecule has 3 heteroatoms. The van der Waals surface area contributed by atoms with E-state index in [4.69, 9.17) is 5.11 Å². The number of carbonyl (C=O) groups is 1. The standard InChI is InChI=1S/C14H25NO2/c1-11-4-2-5-12(10-11)7-9-15-8-3-6-13(15)14(16)17/h11-13H,2-10H2,1H3,(H,16,17)/t11-,12-,13-/m1/s1. The number of hydrogen-bond donors (Lipinski definition) is 1. The third kappa shape index (κ3) is 3.44. The average Bonchev–Trinajstić information content (AvgIpc) is 2.74. The Labute approximate surface area is 104 Å². The maximum atomic E-state index is 11.1. The van der Waals surface area contributed by atoms with E-state index in [-0.39, 0.29) is 6.04 Å². The van der Waals surface area contributed by atoms with Crippen LogP contribution in [0.5, 0.6) is 0 Å². The van der Waals surface area contributed by atoms with Gasteiger partial charge in [0, 0.05) is 0 Å². The van der Waals surface area contributed by atoms with Crippen LogP contribution in [-0.2, 0) is 4.79 Å². The minimum absolute atomic E-state index is 0.198. The number of nitrogens with zero attached hydrogens (tertiary/aromatic N) is 1. The number of rotatable bonds is 4. The summed E-state index contributed by atoms with van der Waals surface area (Å²) in [6, 6.07) is -0.198. The van der Waals surface area contributed by atoms with Crippen LogP contribution in [-0.4, -0.2) is 35.1 Å². The van der Waals surface area contributed by atoms with Crippen LogP contribution in [0.15, 0.2) is 0 Å². The van der Waals surface area contributed by atoms with Gasteiger partial charge in [0.2, 0.25) is 0 Å². The lowest BCUT2D eigenvalue weighted by atomic mass is 9.81. The van der Waals surface area contributed by atoms with Crippen molar-refractivity contribution < 1.29 is 9.90 Å². The normalized spacial score (nSPS) is 35.0. The van der Waals surface area contributed by atoms with Crippen molar-refractivity contribution in [2.45, 2.75) is 57.9 Å². The van der Waals surface area contributed by atoms with Crippen LogP contribution < -0.4 is 0 Å². The first kappa shape index (κ1) is 12.9. The molecule has 2 fully saturated rings. The molecule has 1 aliphatic carbocycles. The van der Waals surface area contributed by atoms with Gasteiger partial charge in [-0.1, -0.05) is 26.2 Å². The molecule has 1 saturated heterocycles. The largest absolute Gasteiger partial charge is 0.480 e. The monoisotopic (exact) mass is 239 g/mol. The molecular weight excluding hydrogens is 214 g/mol. The zero-order valence-electron chi connectivity index (χ0n) is 10.9. The van der Waals surface area contributed by atoms with E-state index in [1.807, 2.05) is 0 Å². The summed E-state index contributed by atoms with van der Waals surface area (Å²) < 4.78 is 0. The molecular formula is C14H25NO2. The Kier molecular flexibility index (Phi) is 4.43. The molecule has 0 unspecified atom stereocenters. The second-order valence-corrected chi connectivity index (χ2v) is 5.96. The number of hydrogen-bond acceptors (Lipinski definition) is 2. The highest BCUT2D eigenvalue weighted by Crippen LogP contribution is 2.31. The topological polar surface area (TPSA) is 40.5 Å². The Morgan fingerprint density at radius 1 is 1.29 bits per heavy atom. The summed E-state index contributed by atoms with van der Waals surface area (Å²) in [4.78, 5) is 13.3. The zero-order chi connectivity index (χ0) is 12.3. The number of carboxylic acids is 1. The van der Waals surface area contributed by atoms with Crippen molar-refractivity contribution in [1.29, 1.82) is 0 Å². The van der Waals surface area contributed by atoms with Crippen LogP contribution in [0.1, 0.15) is 51.9 Å². The van der Waals surface area contributed by atoms with Crippen molar-refractivity contribution in [2.75, 3.05) is 13.1 Å². The fourth-order valence-corrected chi connectivity index (χ4v) is 3.54. The van der Waals surface area contributed by atoms with Crippen LogP contribution in [0.2, 0.25) is 0 Å². The molecule has 0 aromatic carbocycles. The van der Waals surface area contributed by atoms with Gasteiger partial charge in [0.1, 0.15) is 6.04 Å². The highest BCUT2D eigenvalue weighted by atomic mass is 16.4. The van der Waals surface area contributed by atoms with E-state index in [0.717, 1.165) is 37.8 Å². The second kappa shape index (κ2) is 5.85. The first-order valence-corrected chi connectivity index (χ1v) is 7.13. The van der Waals surface area contributed by atoms with Gasteiger partial charge in [-0.15, -0.1) is 0 Å². The van der Waals surface area contributed by atoms with Gasteiger partial charge in [0.05, 0.1) is 0 Å². The minimum Gasteiger partial charge on any atom is -0.480 e. The molecule has 3 atom stereocenters. The maximum Gasteiger partial charge on any atom is 0.320 e. The van der Waals surface area contributed by atoms with Gasteiger partial charge in [0.15, 0.2) is 0 Å². The molecule has 0 radical (unpaired) electrons. The predicted molar refractivity (Wildman–Crippen MR) is 68.0 cm³/mol. The third-order valence-electron chi connectivity index (χ3n) is 4.52. The van der Waals surface area contributed by atoms with Crippen LogP contribution in [0.3, 0.4) is 0 Å². The maximum absolute atomic E-state index is 11.1. The van der Waals surface area contributed by atoms with E-state index >= 15 is 0 Å². The summed E-state index contributed by atoms with van der Waals surface area (Å²) in [5.74, 6) is 1.09. The lowest BCUT2D eigenvalue weighted by Gasteiger charge is -2.29. The zero-order valence-corrected chi connectivity index (χ0v) is 10.9. The fraction of sp³-hybridized carbons (Fsp3) is 0.929. The van der Waals surface area contributed by atoms with Gasteiger partial charge in [-0.05, 0) is 50.6 Å². The molecule has 3 nitrogen and oxygen atoms in total. The third-order valence-corrected chi connectivity index (χ3v) is 4.52. The Hall–Kier alpha value is -0.570. The Morgan fingerprint density at radius 3 is 2.82 bits per heavy atom. The summed E-state index contributed by atoms with van der Waals surface area (Å²) in [5, 5.41) is 9.12.